The predicted octanol–water partition coefficient (Wildman–Crippen LogP) is 2.11. The van der Waals surface area contributed by atoms with Crippen molar-refractivity contribution < 1.29 is 17.6 Å². The molecule has 1 amide bonds. The van der Waals surface area contributed by atoms with Crippen LogP contribution in [0.3, 0.4) is 0 Å². The summed E-state index contributed by atoms with van der Waals surface area (Å²) >= 11 is 5.37. The van der Waals surface area contributed by atoms with Gasteiger partial charge in [-0.2, -0.15) is 0 Å². The van der Waals surface area contributed by atoms with E-state index in [1.54, 1.807) is 24.3 Å². The van der Waals surface area contributed by atoms with E-state index in [2.05, 4.69) is 15.5 Å². The van der Waals surface area contributed by atoms with E-state index in [0.29, 0.717) is 24.4 Å². The maximum atomic E-state index is 12.3. The average Bonchev–Trinajstić information content (AvgIpc) is 3.08. The van der Waals surface area contributed by atoms with Gasteiger partial charge in [0.25, 0.3) is 0 Å². The zero-order valence-corrected chi connectivity index (χ0v) is 15.2. The third-order valence-corrected chi connectivity index (χ3v) is 5.08. The van der Waals surface area contributed by atoms with E-state index in [1.807, 2.05) is 6.07 Å². The largest absolute Gasteiger partial charge is 0.413 e. The van der Waals surface area contributed by atoms with Gasteiger partial charge in [0, 0.05) is 13.0 Å². The van der Waals surface area contributed by atoms with Gasteiger partial charge in [0.1, 0.15) is 5.88 Å². The van der Waals surface area contributed by atoms with E-state index in [9.17, 15) is 13.2 Å². The van der Waals surface area contributed by atoms with E-state index in [0.717, 1.165) is 19.3 Å². The van der Waals surface area contributed by atoms with Crippen LogP contribution in [0.2, 0.25) is 0 Å². The van der Waals surface area contributed by atoms with Crippen molar-refractivity contribution in [2.24, 2.45) is 0 Å². The fraction of sp³-hybridized carbons (Fsp3) is 0.438. The second kappa shape index (κ2) is 9.53. The molecule has 0 aliphatic rings. The Morgan fingerprint density at radius 1 is 1.12 bits per heavy atom. The zero-order valence-electron chi connectivity index (χ0n) is 13.7. The minimum atomic E-state index is -3.64. The molecule has 136 valence electrons. The van der Waals surface area contributed by atoms with Crippen molar-refractivity contribution >= 4 is 27.3 Å². The Morgan fingerprint density at radius 2 is 1.88 bits per heavy atom. The molecule has 0 saturated carbocycles. The van der Waals surface area contributed by atoms with Crippen molar-refractivity contribution in [3.05, 3.63) is 41.8 Å². The SMILES string of the molecule is O=C(CCl)NCCCCCc1nnc(S(=O)(=O)Cc2ccccc2)o1. The highest BCUT2D eigenvalue weighted by Crippen LogP contribution is 2.16. The molecule has 2 aromatic rings. The molecule has 1 heterocycles. The third-order valence-electron chi connectivity index (χ3n) is 3.42. The van der Waals surface area contributed by atoms with Crippen LogP contribution >= 0.6 is 11.6 Å². The molecule has 1 N–H and O–H groups in total. The van der Waals surface area contributed by atoms with Crippen LogP contribution in [0.25, 0.3) is 0 Å². The second-order valence-electron chi connectivity index (χ2n) is 5.50. The minimum Gasteiger partial charge on any atom is -0.413 e. The van der Waals surface area contributed by atoms with Crippen LogP contribution in [-0.2, 0) is 26.8 Å². The molecule has 2 rings (SSSR count). The Hall–Kier alpha value is -1.93. The first-order valence-electron chi connectivity index (χ1n) is 7.93. The van der Waals surface area contributed by atoms with Crippen LogP contribution in [0.5, 0.6) is 0 Å². The maximum absolute atomic E-state index is 12.3. The van der Waals surface area contributed by atoms with Crippen molar-refractivity contribution in [2.75, 3.05) is 12.4 Å². The molecule has 0 atom stereocenters. The molecule has 1 aromatic heterocycles. The van der Waals surface area contributed by atoms with Crippen LogP contribution in [0.15, 0.2) is 40.0 Å². The molecule has 0 spiro atoms. The number of benzene rings is 1. The number of carbonyl (C=O) groups excluding carboxylic acids is 1. The van der Waals surface area contributed by atoms with Gasteiger partial charge in [-0.15, -0.1) is 16.7 Å². The highest BCUT2D eigenvalue weighted by atomic mass is 35.5. The molecule has 9 heteroatoms. The molecule has 0 saturated heterocycles. The normalized spacial score (nSPS) is 11.4. The number of rotatable bonds is 10. The van der Waals surface area contributed by atoms with Gasteiger partial charge in [-0.05, 0) is 18.4 Å². The lowest BCUT2D eigenvalue weighted by Gasteiger charge is -2.02. The summed E-state index contributed by atoms with van der Waals surface area (Å²) in [6, 6.07) is 8.84. The first-order valence-corrected chi connectivity index (χ1v) is 10.1. The van der Waals surface area contributed by atoms with Gasteiger partial charge in [0.2, 0.25) is 21.6 Å². The first-order chi connectivity index (χ1) is 12.0. The Morgan fingerprint density at radius 3 is 2.60 bits per heavy atom. The number of unbranched alkanes of at least 4 members (excludes halogenated alkanes) is 2. The summed E-state index contributed by atoms with van der Waals surface area (Å²) < 4.78 is 29.8. The van der Waals surface area contributed by atoms with E-state index in [1.165, 1.54) is 0 Å². The Bertz CT molecular complexity index is 778. The predicted molar refractivity (Wildman–Crippen MR) is 92.9 cm³/mol. The average molecular weight is 386 g/mol. The summed E-state index contributed by atoms with van der Waals surface area (Å²) in [6.45, 7) is 0.562. The summed E-state index contributed by atoms with van der Waals surface area (Å²) in [4.78, 5) is 11.0. The van der Waals surface area contributed by atoms with Crippen molar-refractivity contribution in [2.45, 2.75) is 36.7 Å². The lowest BCUT2D eigenvalue weighted by Crippen LogP contribution is -2.25. The highest BCUT2D eigenvalue weighted by Gasteiger charge is 2.22. The quantitative estimate of drug-likeness (QED) is 0.496. The van der Waals surface area contributed by atoms with Gasteiger partial charge in [0.15, 0.2) is 0 Å². The van der Waals surface area contributed by atoms with Gasteiger partial charge in [-0.1, -0.05) is 41.9 Å². The summed E-state index contributed by atoms with van der Waals surface area (Å²) in [5, 5.41) is 9.79. The van der Waals surface area contributed by atoms with Crippen molar-refractivity contribution in [3.8, 4) is 0 Å². The number of aryl methyl sites for hydroxylation is 1. The zero-order chi connectivity index (χ0) is 18.1. The van der Waals surface area contributed by atoms with E-state index in [-0.39, 0.29) is 22.8 Å². The molecule has 7 nitrogen and oxygen atoms in total. The Kier molecular flexibility index (Phi) is 7.39. The molecule has 0 aliphatic carbocycles. The van der Waals surface area contributed by atoms with Crippen LogP contribution in [-0.4, -0.2) is 36.9 Å². The molecule has 0 unspecified atom stereocenters. The molecule has 1 aromatic carbocycles. The number of aromatic nitrogens is 2. The number of nitrogens with zero attached hydrogens (tertiary/aromatic N) is 2. The van der Waals surface area contributed by atoms with Crippen LogP contribution in [0, 0.1) is 0 Å². The fourth-order valence-corrected chi connectivity index (χ4v) is 3.41. The van der Waals surface area contributed by atoms with Gasteiger partial charge in [0.05, 0.1) is 5.75 Å². The monoisotopic (exact) mass is 385 g/mol. The fourth-order valence-electron chi connectivity index (χ4n) is 2.17. The summed E-state index contributed by atoms with van der Waals surface area (Å²) in [5.74, 6) is -0.0962. The number of hydrogen-bond acceptors (Lipinski definition) is 6. The van der Waals surface area contributed by atoms with Gasteiger partial charge < -0.3 is 9.73 Å². The number of hydrogen-bond donors (Lipinski definition) is 1. The minimum absolute atomic E-state index is 0.0395. The number of alkyl halides is 1. The van der Waals surface area contributed by atoms with E-state index < -0.39 is 9.84 Å². The summed E-state index contributed by atoms with van der Waals surface area (Å²) in [5.41, 5.74) is 0.668. The number of amides is 1. The van der Waals surface area contributed by atoms with Crippen LogP contribution in [0.1, 0.15) is 30.7 Å². The highest BCUT2D eigenvalue weighted by molar-refractivity contribution is 7.90. The van der Waals surface area contributed by atoms with Crippen molar-refractivity contribution in [3.63, 3.8) is 0 Å². The molecule has 0 bridgehead atoms. The first kappa shape index (κ1) is 19.4. The smallest absolute Gasteiger partial charge is 0.335 e. The third kappa shape index (κ3) is 6.47. The van der Waals surface area contributed by atoms with Crippen LogP contribution < -0.4 is 5.32 Å². The second-order valence-corrected chi connectivity index (χ2v) is 7.64. The van der Waals surface area contributed by atoms with Gasteiger partial charge in [-0.3, -0.25) is 4.79 Å². The molecule has 0 aliphatic heterocycles. The molecular weight excluding hydrogens is 366 g/mol. The summed E-state index contributed by atoms with van der Waals surface area (Å²) in [6.07, 6.45) is 2.90. The number of halogens is 1. The van der Waals surface area contributed by atoms with E-state index >= 15 is 0 Å². The Balaban J connectivity index is 1.78. The number of nitrogens with one attached hydrogen (secondary N) is 1. The van der Waals surface area contributed by atoms with Crippen LogP contribution in [0.4, 0.5) is 0 Å². The molecule has 0 fully saturated rings. The van der Waals surface area contributed by atoms with Crippen molar-refractivity contribution in [1.82, 2.24) is 15.5 Å². The topological polar surface area (TPSA) is 102 Å². The molecular formula is C16H20ClN3O4S. The lowest BCUT2D eigenvalue weighted by atomic mass is 10.2. The summed E-state index contributed by atoms with van der Waals surface area (Å²) in [7, 11) is -3.64. The van der Waals surface area contributed by atoms with Crippen molar-refractivity contribution in [1.29, 1.82) is 0 Å². The molecule has 25 heavy (non-hydrogen) atoms. The lowest BCUT2D eigenvalue weighted by molar-refractivity contribution is -0.118. The number of carbonyl (C=O) groups is 1. The van der Waals surface area contributed by atoms with Gasteiger partial charge in [-0.25, -0.2) is 8.42 Å². The Labute approximate surface area is 151 Å². The maximum Gasteiger partial charge on any atom is 0.335 e. The van der Waals surface area contributed by atoms with Gasteiger partial charge >= 0.3 is 5.22 Å². The molecule has 0 radical (unpaired) electrons. The number of sulfone groups is 1. The van der Waals surface area contributed by atoms with E-state index in [4.69, 9.17) is 16.0 Å². The standard InChI is InChI=1S/C16H20ClN3O4S/c17-11-14(21)18-10-6-2-5-9-15-19-20-16(24-15)25(22,23)12-13-7-3-1-4-8-13/h1,3-4,7-8H,2,5-6,9-12H2,(H,18,21).